The topological polar surface area (TPSA) is 57.5 Å². The maximum absolute atomic E-state index is 10.5. The molecular formula is C9H8O3S. The molecule has 0 aliphatic heterocycles. The number of thiophene rings is 1. The minimum atomic E-state index is -0.930. The molecule has 0 saturated carbocycles. The SMILES string of the molecule is O=C(O)c1ccc(C#CCCO)s1. The molecule has 1 aromatic heterocycles. The molecule has 0 aliphatic carbocycles. The quantitative estimate of drug-likeness (QED) is 0.698. The Labute approximate surface area is 79.6 Å². The molecule has 0 radical (unpaired) electrons. The van der Waals surface area contributed by atoms with Crippen LogP contribution in [-0.2, 0) is 0 Å². The number of hydrogen-bond donors (Lipinski definition) is 2. The Bertz CT molecular complexity index is 356. The summed E-state index contributed by atoms with van der Waals surface area (Å²) in [6.45, 7) is 0.0319. The van der Waals surface area contributed by atoms with Crippen molar-refractivity contribution in [2.75, 3.05) is 6.61 Å². The van der Waals surface area contributed by atoms with E-state index in [0.29, 0.717) is 11.3 Å². The molecule has 0 saturated heterocycles. The van der Waals surface area contributed by atoms with Crippen molar-refractivity contribution < 1.29 is 15.0 Å². The number of hydrogen-bond acceptors (Lipinski definition) is 3. The summed E-state index contributed by atoms with van der Waals surface area (Å²) < 4.78 is 0. The number of carboxylic acids is 1. The third-order valence-electron chi connectivity index (χ3n) is 1.27. The van der Waals surface area contributed by atoms with Gasteiger partial charge in [-0.1, -0.05) is 11.8 Å². The van der Waals surface area contributed by atoms with Crippen LogP contribution in [0.25, 0.3) is 0 Å². The molecule has 0 amide bonds. The largest absolute Gasteiger partial charge is 0.477 e. The summed E-state index contributed by atoms with van der Waals surface area (Å²) in [6, 6.07) is 3.19. The highest BCUT2D eigenvalue weighted by atomic mass is 32.1. The first-order valence-electron chi connectivity index (χ1n) is 3.67. The Balaban J connectivity index is 2.71. The van der Waals surface area contributed by atoms with Crippen molar-refractivity contribution in [2.45, 2.75) is 6.42 Å². The highest BCUT2D eigenvalue weighted by Gasteiger charge is 2.04. The van der Waals surface area contributed by atoms with E-state index in [2.05, 4.69) is 11.8 Å². The molecule has 0 aromatic carbocycles. The molecule has 1 aromatic rings. The molecule has 0 aliphatic rings. The van der Waals surface area contributed by atoms with Crippen LogP contribution in [0.3, 0.4) is 0 Å². The predicted octanol–water partition coefficient (Wildman–Crippen LogP) is 1.18. The van der Waals surface area contributed by atoms with Crippen molar-refractivity contribution in [3.63, 3.8) is 0 Å². The fourth-order valence-corrected chi connectivity index (χ4v) is 1.45. The Morgan fingerprint density at radius 3 is 2.85 bits per heavy atom. The van der Waals surface area contributed by atoms with Crippen LogP contribution in [0.2, 0.25) is 0 Å². The Hall–Kier alpha value is -1.31. The number of aliphatic hydroxyl groups is 1. The molecule has 68 valence electrons. The van der Waals surface area contributed by atoms with Gasteiger partial charge in [-0.3, -0.25) is 0 Å². The maximum Gasteiger partial charge on any atom is 0.345 e. The van der Waals surface area contributed by atoms with Crippen molar-refractivity contribution in [3.8, 4) is 11.8 Å². The summed E-state index contributed by atoms with van der Waals surface area (Å²) in [5, 5.41) is 17.0. The smallest absolute Gasteiger partial charge is 0.345 e. The lowest BCUT2D eigenvalue weighted by molar-refractivity contribution is 0.0702. The zero-order valence-electron chi connectivity index (χ0n) is 6.78. The van der Waals surface area contributed by atoms with Crippen molar-refractivity contribution in [2.24, 2.45) is 0 Å². The zero-order chi connectivity index (χ0) is 9.68. The highest BCUT2D eigenvalue weighted by molar-refractivity contribution is 7.14. The van der Waals surface area contributed by atoms with Gasteiger partial charge in [0.15, 0.2) is 0 Å². The summed E-state index contributed by atoms with van der Waals surface area (Å²) in [5.41, 5.74) is 0. The van der Waals surface area contributed by atoms with Crippen molar-refractivity contribution >= 4 is 17.3 Å². The lowest BCUT2D eigenvalue weighted by Gasteiger charge is -1.81. The van der Waals surface area contributed by atoms with Crippen LogP contribution < -0.4 is 0 Å². The van der Waals surface area contributed by atoms with E-state index >= 15 is 0 Å². The molecular weight excluding hydrogens is 188 g/mol. The lowest BCUT2D eigenvalue weighted by Crippen LogP contribution is -1.89. The summed E-state index contributed by atoms with van der Waals surface area (Å²) in [7, 11) is 0. The molecule has 0 unspecified atom stereocenters. The highest BCUT2D eigenvalue weighted by Crippen LogP contribution is 2.14. The lowest BCUT2D eigenvalue weighted by atomic mass is 10.4. The van der Waals surface area contributed by atoms with Gasteiger partial charge >= 0.3 is 5.97 Å². The van der Waals surface area contributed by atoms with E-state index in [1.54, 1.807) is 6.07 Å². The van der Waals surface area contributed by atoms with E-state index in [1.165, 1.54) is 6.07 Å². The first-order valence-corrected chi connectivity index (χ1v) is 4.48. The zero-order valence-corrected chi connectivity index (χ0v) is 7.60. The molecule has 0 fully saturated rings. The molecule has 13 heavy (non-hydrogen) atoms. The van der Waals surface area contributed by atoms with E-state index in [0.717, 1.165) is 11.3 Å². The van der Waals surface area contributed by atoms with Crippen molar-refractivity contribution in [1.29, 1.82) is 0 Å². The third kappa shape index (κ3) is 2.90. The minimum Gasteiger partial charge on any atom is -0.477 e. The summed E-state index contributed by atoms with van der Waals surface area (Å²) in [4.78, 5) is 11.5. The van der Waals surface area contributed by atoms with Crippen molar-refractivity contribution in [1.82, 2.24) is 0 Å². The monoisotopic (exact) mass is 196 g/mol. The van der Waals surface area contributed by atoms with Gasteiger partial charge in [0.25, 0.3) is 0 Å². The van der Waals surface area contributed by atoms with Crippen molar-refractivity contribution in [3.05, 3.63) is 21.9 Å². The van der Waals surface area contributed by atoms with E-state index in [-0.39, 0.29) is 11.5 Å². The summed E-state index contributed by atoms with van der Waals surface area (Å²) in [6.07, 6.45) is 0.417. The summed E-state index contributed by atoms with van der Waals surface area (Å²) in [5.74, 6) is 4.56. The molecule has 4 heteroatoms. The molecule has 1 heterocycles. The number of carbonyl (C=O) groups is 1. The normalized spacial score (nSPS) is 9.00. The standard InChI is InChI=1S/C9H8O3S/c10-6-2-1-3-7-4-5-8(13-7)9(11)12/h4-5,10H,2,6H2,(H,11,12). The Morgan fingerprint density at radius 2 is 2.31 bits per heavy atom. The van der Waals surface area contributed by atoms with E-state index in [9.17, 15) is 4.79 Å². The van der Waals surface area contributed by atoms with Gasteiger partial charge in [0.05, 0.1) is 11.5 Å². The van der Waals surface area contributed by atoms with Crippen LogP contribution in [0.1, 0.15) is 21.0 Å². The second kappa shape index (κ2) is 4.65. The van der Waals surface area contributed by atoms with Gasteiger partial charge in [0.1, 0.15) is 4.88 Å². The predicted molar refractivity (Wildman–Crippen MR) is 49.9 cm³/mol. The first kappa shape index (κ1) is 9.78. The van der Waals surface area contributed by atoms with Gasteiger partial charge < -0.3 is 10.2 Å². The molecule has 3 nitrogen and oxygen atoms in total. The van der Waals surface area contributed by atoms with E-state index in [4.69, 9.17) is 10.2 Å². The second-order valence-electron chi connectivity index (χ2n) is 2.24. The van der Waals surface area contributed by atoms with Gasteiger partial charge in [0, 0.05) is 6.42 Å². The van der Waals surface area contributed by atoms with Gasteiger partial charge in [-0.15, -0.1) is 11.3 Å². The van der Waals surface area contributed by atoms with E-state index in [1.807, 2.05) is 0 Å². The number of rotatable bonds is 2. The first-order chi connectivity index (χ1) is 6.24. The molecule has 1 rings (SSSR count). The van der Waals surface area contributed by atoms with Crippen LogP contribution in [0.15, 0.2) is 12.1 Å². The number of aromatic carboxylic acids is 1. The van der Waals surface area contributed by atoms with Crippen LogP contribution in [0.5, 0.6) is 0 Å². The molecule has 0 spiro atoms. The van der Waals surface area contributed by atoms with Gasteiger partial charge in [0.2, 0.25) is 0 Å². The molecule has 0 bridgehead atoms. The van der Waals surface area contributed by atoms with E-state index < -0.39 is 5.97 Å². The maximum atomic E-state index is 10.5. The van der Waals surface area contributed by atoms with Crippen LogP contribution >= 0.6 is 11.3 Å². The fourth-order valence-electron chi connectivity index (χ4n) is 0.726. The molecule has 2 N–H and O–H groups in total. The average molecular weight is 196 g/mol. The van der Waals surface area contributed by atoms with Crippen LogP contribution in [-0.4, -0.2) is 22.8 Å². The fraction of sp³-hybridized carbons (Fsp3) is 0.222. The Kier molecular flexibility index (Phi) is 3.50. The Morgan fingerprint density at radius 1 is 1.54 bits per heavy atom. The number of aliphatic hydroxyl groups excluding tert-OH is 1. The molecule has 0 atom stereocenters. The number of carboxylic acid groups (broad SMARTS) is 1. The second-order valence-corrected chi connectivity index (χ2v) is 3.33. The third-order valence-corrected chi connectivity index (χ3v) is 2.25. The summed E-state index contributed by atoms with van der Waals surface area (Å²) >= 11 is 1.14. The van der Waals surface area contributed by atoms with Crippen LogP contribution in [0.4, 0.5) is 0 Å². The van der Waals surface area contributed by atoms with Gasteiger partial charge in [-0.2, -0.15) is 0 Å². The van der Waals surface area contributed by atoms with Gasteiger partial charge in [-0.05, 0) is 12.1 Å². The minimum absolute atomic E-state index is 0.0319. The van der Waals surface area contributed by atoms with Gasteiger partial charge in [-0.25, -0.2) is 4.79 Å². The van der Waals surface area contributed by atoms with Crippen LogP contribution in [0, 0.1) is 11.8 Å². The average Bonchev–Trinajstić information content (AvgIpc) is 2.53.